The first-order chi connectivity index (χ1) is 14.1. The Hall–Kier alpha value is -3.75. The Balaban J connectivity index is 1.62. The van der Waals surface area contributed by atoms with Gasteiger partial charge in [0.25, 0.3) is 5.91 Å². The van der Waals surface area contributed by atoms with Crippen molar-refractivity contribution in [2.24, 2.45) is 5.16 Å². The maximum Gasteiger partial charge on any atom is 0.281 e. The van der Waals surface area contributed by atoms with Crippen LogP contribution in [0.1, 0.15) is 11.3 Å². The first-order valence-corrected chi connectivity index (χ1v) is 8.84. The Kier molecular flexibility index (Phi) is 6.51. The maximum absolute atomic E-state index is 12.5. The van der Waals surface area contributed by atoms with Crippen molar-refractivity contribution in [1.29, 1.82) is 0 Å². The molecule has 1 amide bonds. The van der Waals surface area contributed by atoms with Crippen molar-refractivity contribution in [2.45, 2.75) is 13.0 Å². The highest BCUT2D eigenvalue weighted by Gasteiger charge is 2.18. The molecule has 2 aromatic heterocycles. The van der Waals surface area contributed by atoms with Crippen LogP contribution >= 0.6 is 0 Å². The SMILES string of the molecule is CON=C(C(=O)Nc1cnn(CCc2ccc(OC)c(OC)c2)c1)c1ccco1. The summed E-state index contributed by atoms with van der Waals surface area (Å²) in [5.74, 6) is 1.22. The molecule has 9 nitrogen and oxygen atoms in total. The lowest BCUT2D eigenvalue weighted by Gasteiger charge is -2.09. The molecule has 3 rings (SSSR count). The summed E-state index contributed by atoms with van der Waals surface area (Å²) in [7, 11) is 4.57. The Morgan fingerprint density at radius 2 is 2.03 bits per heavy atom. The number of carbonyl (C=O) groups is 1. The summed E-state index contributed by atoms with van der Waals surface area (Å²) in [5, 5.41) is 10.8. The van der Waals surface area contributed by atoms with Crippen LogP contribution in [0.15, 0.2) is 58.6 Å². The van der Waals surface area contributed by atoms with Crippen molar-refractivity contribution in [1.82, 2.24) is 9.78 Å². The number of anilines is 1. The lowest BCUT2D eigenvalue weighted by Crippen LogP contribution is -2.23. The second-order valence-electron chi connectivity index (χ2n) is 5.99. The first kappa shape index (κ1) is 20.0. The number of nitrogens with zero attached hydrogens (tertiary/aromatic N) is 3. The monoisotopic (exact) mass is 398 g/mol. The second kappa shape index (κ2) is 9.45. The van der Waals surface area contributed by atoms with Crippen LogP contribution in [0.25, 0.3) is 0 Å². The molecule has 2 heterocycles. The molecule has 0 bridgehead atoms. The molecule has 0 fully saturated rings. The van der Waals surface area contributed by atoms with Crippen LogP contribution in [0, 0.1) is 0 Å². The van der Waals surface area contributed by atoms with Crippen molar-refractivity contribution in [3.8, 4) is 11.5 Å². The van der Waals surface area contributed by atoms with Gasteiger partial charge in [-0.3, -0.25) is 9.48 Å². The van der Waals surface area contributed by atoms with E-state index in [2.05, 4.69) is 15.6 Å². The third kappa shape index (κ3) is 4.95. The normalized spacial score (nSPS) is 11.2. The molecule has 152 valence electrons. The van der Waals surface area contributed by atoms with Gasteiger partial charge in [0.15, 0.2) is 17.3 Å². The van der Waals surface area contributed by atoms with Gasteiger partial charge in [0.05, 0.1) is 32.4 Å². The second-order valence-corrected chi connectivity index (χ2v) is 5.99. The molecule has 0 radical (unpaired) electrons. The van der Waals surface area contributed by atoms with Crippen LogP contribution in [0.4, 0.5) is 5.69 Å². The largest absolute Gasteiger partial charge is 0.493 e. The predicted molar refractivity (Wildman–Crippen MR) is 106 cm³/mol. The van der Waals surface area contributed by atoms with Crippen LogP contribution in [-0.4, -0.2) is 42.7 Å². The molecule has 0 aliphatic carbocycles. The van der Waals surface area contributed by atoms with Crippen LogP contribution in [0.2, 0.25) is 0 Å². The number of ether oxygens (including phenoxy) is 2. The number of carbonyl (C=O) groups excluding carboxylic acids is 1. The summed E-state index contributed by atoms with van der Waals surface area (Å²) in [5.41, 5.74) is 1.66. The van der Waals surface area contributed by atoms with E-state index in [-0.39, 0.29) is 5.71 Å². The number of rotatable bonds is 9. The summed E-state index contributed by atoms with van der Waals surface area (Å²) in [4.78, 5) is 17.2. The van der Waals surface area contributed by atoms with E-state index >= 15 is 0 Å². The Labute approximate surface area is 167 Å². The Morgan fingerprint density at radius 3 is 2.72 bits per heavy atom. The maximum atomic E-state index is 12.5. The minimum atomic E-state index is -0.457. The van der Waals surface area contributed by atoms with E-state index in [1.165, 1.54) is 13.4 Å². The quantitative estimate of drug-likeness (QED) is 0.439. The lowest BCUT2D eigenvalue weighted by molar-refractivity contribution is -0.110. The number of aryl methyl sites for hydroxylation is 2. The van der Waals surface area contributed by atoms with Gasteiger partial charge >= 0.3 is 0 Å². The first-order valence-electron chi connectivity index (χ1n) is 8.84. The fourth-order valence-electron chi connectivity index (χ4n) is 2.72. The van der Waals surface area contributed by atoms with Crippen molar-refractivity contribution >= 4 is 17.3 Å². The van der Waals surface area contributed by atoms with E-state index < -0.39 is 5.91 Å². The molecule has 0 saturated heterocycles. The molecule has 3 aromatic rings. The number of hydrogen-bond donors (Lipinski definition) is 1. The third-order valence-corrected chi connectivity index (χ3v) is 4.12. The van der Waals surface area contributed by atoms with Crippen molar-refractivity contribution in [3.05, 3.63) is 60.3 Å². The summed E-state index contributed by atoms with van der Waals surface area (Å²) in [6, 6.07) is 9.07. The summed E-state index contributed by atoms with van der Waals surface area (Å²) >= 11 is 0. The number of nitrogens with one attached hydrogen (secondary N) is 1. The molecular formula is C20H22N4O5. The van der Waals surface area contributed by atoms with Gasteiger partial charge in [0.2, 0.25) is 5.71 Å². The molecule has 0 unspecified atom stereocenters. The summed E-state index contributed by atoms with van der Waals surface area (Å²) in [6.07, 6.45) is 5.50. The fraction of sp³-hybridized carbons (Fsp3) is 0.250. The van der Waals surface area contributed by atoms with E-state index in [9.17, 15) is 4.79 Å². The van der Waals surface area contributed by atoms with Gasteiger partial charge in [-0.1, -0.05) is 11.2 Å². The number of benzene rings is 1. The molecule has 1 aromatic carbocycles. The zero-order chi connectivity index (χ0) is 20.6. The van der Waals surface area contributed by atoms with E-state index in [1.807, 2.05) is 18.2 Å². The van der Waals surface area contributed by atoms with E-state index in [1.54, 1.807) is 43.4 Å². The van der Waals surface area contributed by atoms with E-state index in [4.69, 9.17) is 18.7 Å². The Bertz CT molecular complexity index is 979. The molecular weight excluding hydrogens is 376 g/mol. The van der Waals surface area contributed by atoms with Crippen molar-refractivity contribution in [2.75, 3.05) is 26.6 Å². The number of methoxy groups -OCH3 is 2. The van der Waals surface area contributed by atoms with E-state index in [0.717, 1.165) is 12.0 Å². The summed E-state index contributed by atoms with van der Waals surface area (Å²) < 4.78 is 17.5. The predicted octanol–water partition coefficient (Wildman–Crippen LogP) is 2.73. The number of oxime groups is 1. The summed E-state index contributed by atoms with van der Waals surface area (Å²) in [6.45, 7) is 0.628. The van der Waals surface area contributed by atoms with Gasteiger partial charge in [-0.2, -0.15) is 5.10 Å². The van der Waals surface area contributed by atoms with Crippen LogP contribution in [0.5, 0.6) is 11.5 Å². The van der Waals surface area contributed by atoms with Crippen LogP contribution < -0.4 is 14.8 Å². The van der Waals surface area contributed by atoms with Gasteiger partial charge in [0, 0.05) is 12.7 Å². The van der Waals surface area contributed by atoms with Crippen molar-refractivity contribution < 1.29 is 23.5 Å². The van der Waals surface area contributed by atoms with E-state index in [0.29, 0.717) is 29.5 Å². The molecule has 0 spiro atoms. The smallest absolute Gasteiger partial charge is 0.281 e. The average Bonchev–Trinajstić information content (AvgIpc) is 3.42. The average molecular weight is 398 g/mol. The highest BCUT2D eigenvalue weighted by Crippen LogP contribution is 2.27. The van der Waals surface area contributed by atoms with Gasteiger partial charge in [-0.05, 0) is 36.2 Å². The standard InChI is InChI=1S/C20H22N4O5/c1-26-16-7-6-14(11-18(16)27-2)8-9-24-13-15(12-21-24)22-20(25)19(23-28-3)17-5-4-10-29-17/h4-7,10-13H,8-9H2,1-3H3,(H,22,25). The molecule has 29 heavy (non-hydrogen) atoms. The molecule has 0 atom stereocenters. The van der Waals surface area contributed by atoms with Gasteiger partial charge in [-0.25, -0.2) is 0 Å². The van der Waals surface area contributed by atoms with Crippen molar-refractivity contribution in [3.63, 3.8) is 0 Å². The topological polar surface area (TPSA) is 100 Å². The third-order valence-electron chi connectivity index (χ3n) is 4.12. The van der Waals surface area contributed by atoms with Gasteiger partial charge in [0.1, 0.15) is 7.11 Å². The Morgan fingerprint density at radius 1 is 1.21 bits per heavy atom. The highest BCUT2D eigenvalue weighted by atomic mass is 16.6. The number of furan rings is 1. The zero-order valence-electron chi connectivity index (χ0n) is 16.4. The van der Waals surface area contributed by atoms with Crippen LogP contribution in [0.3, 0.4) is 0 Å². The molecule has 0 aliphatic rings. The molecule has 9 heteroatoms. The minimum absolute atomic E-state index is 0.0376. The zero-order valence-corrected chi connectivity index (χ0v) is 16.4. The van der Waals surface area contributed by atoms with Gasteiger partial charge < -0.3 is 24.0 Å². The number of aromatic nitrogens is 2. The van der Waals surface area contributed by atoms with Crippen LogP contribution in [-0.2, 0) is 22.6 Å². The minimum Gasteiger partial charge on any atom is -0.493 e. The fourth-order valence-corrected chi connectivity index (χ4v) is 2.72. The number of amides is 1. The number of hydrogen-bond acceptors (Lipinski definition) is 7. The molecule has 0 saturated carbocycles. The molecule has 0 aliphatic heterocycles. The lowest BCUT2D eigenvalue weighted by atomic mass is 10.1. The molecule has 1 N–H and O–H groups in total. The highest BCUT2D eigenvalue weighted by molar-refractivity contribution is 6.48. The van der Waals surface area contributed by atoms with Gasteiger partial charge in [-0.15, -0.1) is 0 Å².